The molecule has 0 aliphatic carbocycles. The molecule has 2 aromatic heterocycles. The molecule has 1 amide bonds. The largest absolute Gasteiger partial charge is 0.493 e. The van der Waals surface area contributed by atoms with E-state index < -0.39 is 0 Å². The Morgan fingerprint density at radius 2 is 2.12 bits per heavy atom. The molecule has 4 rings (SSSR count). The van der Waals surface area contributed by atoms with Crippen molar-refractivity contribution in [3.8, 4) is 22.6 Å². The maximum absolute atomic E-state index is 11.7. The van der Waals surface area contributed by atoms with Gasteiger partial charge in [0.2, 0.25) is 5.91 Å². The molecule has 0 bridgehead atoms. The van der Waals surface area contributed by atoms with Gasteiger partial charge in [-0.15, -0.1) is 0 Å². The molecule has 1 atom stereocenters. The van der Waals surface area contributed by atoms with Gasteiger partial charge in [-0.3, -0.25) is 9.89 Å². The van der Waals surface area contributed by atoms with Gasteiger partial charge in [0.15, 0.2) is 11.5 Å². The van der Waals surface area contributed by atoms with E-state index in [0.29, 0.717) is 12.3 Å². The molecule has 1 saturated heterocycles. The van der Waals surface area contributed by atoms with Crippen molar-refractivity contribution in [3.63, 3.8) is 0 Å². The highest BCUT2D eigenvalue weighted by Crippen LogP contribution is 2.34. The van der Waals surface area contributed by atoms with Crippen LogP contribution in [0.3, 0.4) is 0 Å². The first kappa shape index (κ1) is 22.6. The molecule has 2 N–H and O–H groups in total. The summed E-state index contributed by atoms with van der Waals surface area (Å²) in [6, 6.07) is 9.94. The number of H-pyrrole nitrogens is 1. The van der Waals surface area contributed by atoms with Gasteiger partial charge in [0, 0.05) is 49.9 Å². The van der Waals surface area contributed by atoms with Crippen molar-refractivity contribution in [1.82, 2.24) is 20.1 Å². The highest BCUT2D eigenvalue weighted by molar-refractivity contribution is 5.74. The maximum atomic E-state index is 11.7. The number of amides is 1. The summed E-state index contributed by atoms with van der Waals surface area (Å²) in [5.41, 5.74) is 4.22. The normalized spacial score (nSPS) is 15.7. The SMILES string of the molecule is COc1cc(CNc2cc(-c3cn[nH]c3[C@@H]3CCN(C(C)=O)C3)ccn2)ccc1OC(C)C. The minimum Gasteiger partial charge on any atom is -0.493 e. The number of nitrogens with zero attached hydrogens (tertiary/aromatic N) is 3. The van der Waals surface area contributed by atoms with E-state index in [1.54, 1.807) is 20.2 Å². The molecule has 1 aliphatic rings. The van der Waals surface area contributed by atoms with Crippen LogP contribution in [0, 0.1) is 0 Å². The van der Waals surface area contributed by atoms with Crippen molar-refractivity contribution in [2.45, 2.75) is 45.8 Å². The van der Waals surface area contributed by atoms with E-state index in [2.05, 4.69) is 20.5 Å². The molecule has 8 nitrogen and oxygen atoms in total. The van der Waals surface area contributed by atoms with Crippen LogP contribution in [0.15, 0.2) is 42.7 Å². The second-order valence-electron chi connectivity index (χ2n) is 8.58. The zero-order chi connectivity index (χ0) is 23.4. The zero-order valence-electron chi connectivity index (χ0n) is 19.6. The van der Waals surface area contributed by atoms with E-state index in [4.69, 9.17) is 9.47 Å². The topological polar surface area (TPSA) is 92.4 Å². The second kappa shape index (κ2) is 9.94. The van der Waals surface area contributed by atoms with Crippen LogP contribution in [0.25, 0.3) is 11.1 Å². The van der Waals surface area contributed by atoms with Crippen LogP contribution >= 0.6 is 0 Å². The molecule has 33 heavy (non-hydrogen) atoms. The summed E-state index contributed by atoms with van der Waals surface area (Å²) in [4.78, 5) is 18.1. The van der Waals surface area contributed by atoms with Crippen molar-refractivity contribution in [1.29, 1.82) is 0 Å². The molecule has 1 aromatic carbocycles. The average Bonchev–Trinajstić information content (AvgIpc) is 3.48. The molecule has 0 saturated carbocycles. The first-order valence-electron chi connectivity index (χ1n) is 11.3. The fraction of sp³-hybridized carbons (Fsp3) is 0.400. The van der Waals surface area contributed by atoms with Crippen LogP contribution in [0.4, 0.5) is 5.82 Å². The van der Waals surface area contributed by atoms with Gasteiger partial charge < -0.3 is 19.7 Å². The van der Waals surface area contributed by atoms with E-state index >= 15 is 0 Å². The second-order valence-corrected chi connectivity index (χ2v) is 8.58. The van der Waals surface area contributed by atoms with Crippen LogP contribution < -0.4 is 14.8 Å². The molecule has 1 aliphatic heterocycles. The van der Waals surface area contributed by atoms with Crippen molar-refractivity contribution < 1.29 is 14.3 Å². The van der Waals surface area contributed by atoms with E-state index in [1.165, 1.54) is 0 Å². The minimum atomic E-state index is 0.0809. The Kier molecular flexibility index (Phi) is 6.82. The van der Waals surface area contributed by atoms with Gasteiger partial charge in [0.1, 0.15) is 5.82 Å². The Hall–Kier alpha value is -3.55. The summed E-state index contributed by atoms with van der Waals surface area (Å²) in [5.74, 6) is 2.60. The van der Waals surface area contributed by atoms with Gasteiger partial charge in [-0.05, 0) is 55.7 Å². The molecule has 174 valence electrons. The number of aromatic nitrogens is 3. The van der Waals surface area contributed by atoms with E-state index in [0.717, 1.165) is 53.5 Å². The molecule has 0 unspecified atom stereocenters. The molecular formula is C25H31N5O3. The van der Waals surface area contributed by atoms with Gasteiger partial charge in [0.05, 0.1) is 19.4 Å². The number of carbonyl (C=O) groups excluding carboxylic acids is 1. The first-order chi connectivity index (χ1) is 15.9. The van der Waals surface area contributed by atoms with Crippen molar-refractivity contribution in [2.24, 2.45) is 0 Å². The number of nitrogens with one attached hydrogen (secondary N) is 2. The van der Waals surface area contributed by atoms with Gasteiger partial charge in [-0.25, -0.2) is 4.98 Å². The lowest BCUT2D eigenvalue weighted by Gasteiger charge is -2.15. The molecule has 0 radical (unpaired) electrons. The van der Waals surface area contributed by atoms with E-state index in [9.17, 15) is 4.79 Å². The number of anilines is 1. The number of hydrogen-bond acceptors (Lipinski definition) is 6. The van der Waals surface area contributed by atoms with Gasteiger partial charge in [0.25, 0.3) is 0 Å². The third-order valence-corrected chi connectivity index (χ3v) is 5.85. The number of rotatable bonds is 8. The predicted octanol–water partition coefficient (Wildman–Crippen LogP) is 4.22. The number of carbonyl (C=O) groups is 1. The van der Waals surface area contributed by atoms with Crippen LogP contribution in [0.2, 0.25) is 0 Å². The lowest BCUT2D eigenvalue weighted by Crippen LogP contribution is -2.25. The van der Waals surface area contributed by atoms with Crippen molar-refractivity contribution in [3.05, 3.63) is 54.0 Å². The Bertz CT molecular complexity index is 1110. The fourth-order valence-corrected chi connectivity index (χ4v) is 4.18. The molecular weight excluding hydrogens is 418 g/mol. The summed E-state index contributed by atoms with van der Waals surface area (Å²) in [5, 5.41) is 10.8. The van der Waals surface area contributed by atoms with Gasteiger partial charge in [-0.2, -0.15) is 5.10 Å². The minimum absolute atomic E-state index is 0.0809. The monoisotopic (exact) mass is 449 g/mol. The van der Waals surface area contributed by atoms with Crippen LogP contribution in [0.1, 0.15) is 44.4 Å². The predicted molar refractivity (Wildman–Crippen MR) is 128 cm³/mol. The summed E-state index contributed by atoms with van der Waals surface area (Å²) in [6.45, 7) is 7.71. The van der Waals surface area contributed by atoms with Gasteiger partial charge in [-0.1, -0.05) is 6.07 Å². The average molecular weight is 450 g/mol. The summed E-state index contributed by atoms with van der Waals surface area (Å²) in [7, 11) is 1.65. The standard InChI is InChI=1S/C25H31N5O3/c1-16(2)33-22-6-5-18(11-23(22)32-4)13-27-24-12-19(7-9-26-24)21-14-28-29-25(21)20-8-10-30(15-20)17(3)31/h5-7,9,11-12,14,16,20H,8,10,13,15H2,1-4H3,(H,26,27)(H,28,29)/t20-/m1/s1. The quantitative estimate of drug-likeness (QED) is 0.535. The first-order valence-corrected chi connectivity index (χ1v) is 11.3. The fourth-order valence-electron chi connectivity index (χ4n) is 4.18. The molecule has 3 heterocycles. The Balaban J connectivity index is 1.47. The number of benzene rings is 1. The Morgan fingerprint density at radius 3 is 2.85 bits per heavy atom. The summed E-state index contributed by atoms with van der Waals surface area (Å²) < 4.78 is 11.3. The number of hydrogen-bond donors (Lipinski definition) is 2. The molecule has 3 aromatic rings. The van der Waals surface area contributed by atoms with Crippen LogP contribution in [-0.4, -0.2) is 52.3 Å². The number of pyridine rings is 1. The number of aromatic amines is 1. The van der Waals surface area contributed by atoms with Crippen molar-refractivity contribution in [2.75, 3.05) is 25.5 Å². The Labute approximate surface area is 194 Å². The third kappa shape index (κ3) is 5.27. The summed E-state index contributed by atoms with van der Waals surface area (Å²) in [6.07, 6.45) is 4.66. The Morgan fingerprint density at radius 1 is 1.27 bits per heavy atom. The van der Waals surface area contributed by atoms with Crippen LogP contribution in [-0.2, 0) is 11.3 Å². The third-order valence-electron chi connectivity index (χ3n) is 5.85. The number of ether oxygens (including phenoxy) is 2. The summed E-state index contributed by atoms with van der Waals surface area (Å²) >= 11 is 0. The maximum Gasteiger partial charge on any atom is 0.219 e. The number of methoxy groups -OCH3 is 1. The molecule has 8 heteroatoms. The van der Waals surface area contributed by atoms with E-state index in [-0.39, 0.29) is 17.9 Å². The van der Waals surface area contributed by atoms with Gasteiger partial charge >= 0.3 is 0 Å². The zero-order valence-corrected chi connectivity index (χ0v) is 19.6. The highest BCUT2D eigenvalue weighted by atomic mass is 16.5. The molecule has 1 fully saturated rings. The lowest BCUT2D eigenvalue weighted by molar-refractivity contribution is -0.127. The number of likely N-dealkylation sites (tertiary alicyclic amines) is 1. The highest BCUT2D eigenvalue weighted by Gasteiger charge is 2.28. The smallest absolute Gasteiger partial charge is 0.219 e. The molecule has 0 spiro atoms. The van der Waals surface area contributed by atoms with E-state index in [1.807, 2.05) is 55.3 Å². The van der Waals surface area contributed by atoms with Crippen LogP contribution in [0.5, 0.6) is 11.5 Å². The van der Waals surface area contributed by atoms with Crippen molar-refractivity contribution >= 4 is 11.7 Å². The lowest BCUT2D eigenvalue weighted by atomic mass is 9.97.